The van der Waals surface area contributed by atoms with Crippen LogP contribution in [-0.4, -0.2) is 23.5 Å². The van der Waals surface area contributed by atoms with Gasteiger partial charge in [-0.15, -0.1) is 11.3 Å². The second-order valence-corrected chi connectivity index (χ2v) is 6.81. The summed E-state index contributed by atoms with van der Waals surface area (Å²) in [5.41, 5.74) is 0. The van der Waals surface area contributed by atoms with Crippen LogP contribution in [-0.2, 0) is 16.0 Å². The second kappa shape index (κ2) is 9.09. The maximum absolute atomic E-state index is 11.5. The summed E-state index contributed by atoms with van der Waals surface area (Å²) in [6.45, 7) is 0.566. The highest BCUT2D eigenvalue weighted by molar-refractivity contribution is 9.11. The zero-order valence-corrected chi connectivity index (χ0v) is 13.1. The molecule has 106 valence electrons. The number of carbonyl (C=O) groups excluding carboxylic acids is 1. The van der Waals surface area contributed by atoms with E-state index in [0.717, 1.165) is 23.0 Å². The molecule has 19 heavy (non-hydrogen) atoms. The van der Waals surface area contributed by atoms with Crippen molar-refractivity contribution in [1.29, 1.82) is 0 Å². The molecular formula is C13H18BrNO3S. The van der Waals surface area contributed by atoms with E-state index in [1.807, 2.05) is 6.07 Å². The summed E-state index contributed by atoms with van der Waals surface area (Å²) in [6.07, 6.45) is 3.78. The summed E-state index contributed by atoms with van der Waals surface area (Å²) in [5.74, 6) is -0.737. The van der Waals surface area contributed by atoms with Gasteiger partial charge in [0.25, 0.3) is 0 Å². The summed E-state index contributed by atoms with van der Waals surface area (Å²) < 4.78 is 1.12. The molecule has 0 radical (unpaired) electrons. The first-order valence-corrected chi connectivity index (χ1v) is 7.91. The van der Waals surface area contributed by atoms with Gasteiger partial charge in [-0.2, -0.15) is 0 Å². The van der Waals surface area contributed by atoms with Crippen LogP contribution >= 0.6 is 27.3 Å². The van der Waals surface area contributed by atoms with Crippen LogP contribution in [0, 0.1) is 0 Å². The molecule has 1 aromatic heterocycles. The Balaban J connectivity index is 2.00. The predicted molar refractivity (Wildman–Crippen MR) is 79.5 cm³/mol. The van der Waals surface area contributed by atoms with Crippen molar-refractivity contribution in [3.8, 4) is 0 Å². The number of aryl methyl sites for hydroxylation is 1. The molecule has 0 fully saturated rings. The molecule has 0 atom stereocenters. The zero-order valence-electron chi connectivity index (χ0n) is 10.7. The first-order valence-electron chi connectivity index (χ1n) is 6.30. The Kier molecular flexibility index (Phi) is 7.74. The van der Waals surface area contributed by atoms with E-state index < -0.39 is 5.97 Å². The number of hydrogen-bond acceptors (Lipinski definition) is 3. The van der Waals surface area contributed by atoms with E-state index in [9.17, 15) is 9.59 Å². The first-order chi connectivity index (χ1) is 9.08. The number of carbonyl (C=O) groups is 2. The maximum atomic E-state index is 11.5. The maximum Gasteiger partial charge on any atom is 0.303 e. The van der Waals surface area contributed by atoms with Crippen molar-refractivity contribution in [1.82, 2.24) is 5.32 Å². The molecule has 0 unspecified atom stereocenters. The Morgan fingerprint density at radius 1 is 1.21 bits per heavy atom. The third kappa shape index (κ3) is 8.00. The van der Waals surface area contributed by atoms with Gasteiger partial charge in [0.05, 0.1) is 3.79 Å². The number of amides is 1. The molecule has 0 spiro atoms. The van der Waals surface area contributed by atoms with Crippen LogP contribution in [0.4, 0.5) is 0 Å². The molecule has 0 saturated heterocycles. The number of nitrogens with one attached hydrogen (secondary N) is 1. The van der Waals surface area contributed by atoms with Gasteiger partial charge in [-0.25, -0.2) is 0 Å². The molecule has 1 amide bonds. The average molecular weight is 348 g/mol. The molecule has 1 rings (SSSR count). The molecule has 0 aliphatic rings. The Labute approximate surface area is 125 Å². The lowest BCUT2D eigenvalue weighted by atomic mass is 10.2. The van der Waals surface area contributed by atoms with Gasteiger partial charge in [0.2, 0.25) is 5.91 Å². The summed E-state index contributed by atoms with van der Waals surface area (Å²) in [5, 5.41) is 11.3. The van der Waals surface area contributed by atoms with E-state index in [2.05, 4.69) is 27.3 Å². The van der Waals surface area contributed by atoms with Gasteiger partial charge in [-0.05, 0) is 53.7 Å². The monoisotopic (exact) mass is 347 g/mol. The van der Waals surface area contributed by atoms with Crippen LogP contribution < -0.4 is 5.32 Å². The molecule has 2 N–H and O–H groups in total. The Morgan fingerprint density at radius 3 is 2.63 bits per heavy atom. The number of unbranched alkanes of at least 4 members (excludes halogenated alkanes) is 1. The van der Waals surface area contributed by atoms with Gasteiger partial charge in [0, 0.05) is 24.3 Å². The first kappa shape index (κ1) is 16.2. The quantitative estimate of drug-likeness (QED) is 0.674. The third-order valence-corrected chi connectivity index (χ3v) is 4.28. The topological polar surface area (TPSA) is 66.4 Å². The minimum atomic E-state index is -0.784. The number of aliphatic carboxylic acids is 1. The minimum absolute atomic E-state index is 0.0472. The van der Waals surface area contributed by atoms with Crippen molar-refractivity contribution in [2.45, 2.75) is 38.5 Å². The van der Waals surface area contributed by atoms with E-state index in [1.54, 1.807) is 11.3 Å². The average Bonchev–Trinajstić information content (AvgIpc) is 2.74. The van der Waals surface area contributed by atoms with E-state index in [1.165, 1.54) is 4.88 Å². The van der Waals surface area contributed by atoms with Crippen LogP contribution in [0.3, 0.4) is 0 Å². The standard InChI is InChI=1S/C13H18BrNO3S/c14-11-8-7-10(19-11)4-3-5-12(16)15-9-2-1-6-13(17)18/h7-8H,1-6,9H2,(H,15,16)(H,17,18). The predicted octanol–water partition coefficient (Wildman–Crippen LogP) is 3.20. The van der Waals surface area contributed by atoms with Crippen LogP contribution in [0.15, 0.2) is 15.9 Å². The molecule has 1 aromatic rings. The van der Waals surface area contributed by atoms with Crippen LogP contribution in [0.25, 0.3) is 0 Å². The largest absolute Gasteiger partial charge is 0.481 e. The fraction of sp³-hybridized carbons (Fsp3) is 0.538. The van der Waals surface area contributed by atoms with Crippen LogP contribution in [0.1, 0.15) is 37.0 Å². The Hall–Kier alpha value is -0.880. The summed E-state index contributed by atoms with van der Waals surface area (Å²) in [4.78, 5) is 23.1. The van der Waals surface area contributed by atoms with Gasteiger partial charge < -0.3 is 10.4 Å². The number of thiophene rings is 1. The highest BCUT2D eigenvalue weighted by Crippen LogP contribution is 2.23. The van der Waals surface area contributed by atoms with E-state index in [-0.39, 0.29) is 12.3 Å². The molecular weight excluding hydrogens is 330 g/mol. The summed E-state index contributed by atoms with van der Waals surface area (Å²) in [6, 6.07) is 4.08. The normalized spacial score (nSPS) is 10.4. The Bertz CT molecular complexity index is 420. The van der Waals surface area contributed by atoms with Crippen molar-refractivity contribution in [3.05, 3.63) is 20.8 Å². The van der Waals surface area contributed by atoms with Gasteiger partial charge >= 0.3 is 5.97 Å². The second-order valence-electron chi connectivity index (χ2n) is 4.26. The van der Waals surface area contributed by atoms with Gasteiger partial charge in [-0.3, -0.25) is 9.59 Å². The molecule has 0 saturated carbocycles. The van der Waals surface area contributed by atoms with Gasteiger partial charge in [0.15, 0.2) is 0 Å². The van der Waals surface area contributed by atoms with Gasteiger partial charge in [0.1, 0.15) is 0 Å². The molecule has 1 heterocycles. The number of carboxylic acid groups (broad SMARTS) is 1. The third-order valence-electron chi connectivity index (χ3n) is 2.60. The van der Waals surface area contributed by atoms with Crippen molar-refractivity contribution in [3.63, 3.8) is 0 Å². The lowest BCUT2D eigenvalue weighted by Gasteiger charge is -2.04. The molecule has 0 aromatic carbocycles. The highest BCUT2D eigenvalue weighted by atomic mass is 79.9. The summed E-state index contributed by atoms with van der Waals surface area (Å²) in [7, 11) is 0. The van der Waals surface area contributed by atoms with Crippen molar-refractivity contribution in [2.24, 2.45) is 0 Å². The van der Waals surface area contributed by atoms with Crippen LogP contribution in [0.5, 0.6) is 0 Å². The molecule has 6 heteroatoms. The zero-order chi connectivity index (χ0) is 14.1. The lowest BCUT2D eigenvalue weighted by molar-refractivity contribution is -0.137. The minimum Gasteiger partial charge on any atom is -0.481 e. The molecule has 0 aliphatic carbocycles. The van der Waals surface area contributed by atoms with Gasteiger partial charge in [-0.1, -0.05) is 0 Å². The molecule has 0 aliphatic heterocycles. The molecule has 4 nitrogen and oxygen atoms in total. The van der Waals surface area contributed by atoms with Crippen molar-refractivity contribution in [2.75, 3.05) is 6.54 Å². The SMILES string of the molecule is O=C(O)CCCCNC(=O)CCCc1ccc(Br)s1. The lowest BCUT2D eigenvalue weighted by Crippen LogP contribution is -2.24. The summed E-state index contributed by atoms with van der Waals surface area (Å²) >= 11 is 5.11. The fourth-order valence-electron chi connectivity index (χ4n) is 1.63. The van der Waals surface area contributed by atoms with Crippen molar-refractivity contribution >= 4 is 39.1 Å². The van der Waals surface area contributed by atoms with E-state index in [0.29, 0.717) is 19.4 Å². The van der Waals surface area contributed by atoms with E-state index >= 15 is 0 Å². The number of halogens is 1. The smallest absolute Gasteiger partial charge is 0.303 e. The molecule has 0 bridgehead atoms. The number of rotatable bonds is 9. The Morgan fingerprint density at radius 2 is 2.00 bits per heavy atom. The number of hydrogen-bond donors (Lipinski definition) is 2. The fourth-order valence-corrected chi connectivity index (χ4v) is 3.15. The van der Waals surface area contributed by atoms with E-state index in [4.69, 9.17) is 5.11 Å². The highest BCUT2D eigenvalue weighted by Gasteiger charge is 2.03. The van der Waals surface area contributed by atoms with Crippen LogP contribution in [0.2, 0.25) is 0 Å². The van der Waals surface area contributed by atoms with Crippen molar-refractivity contribution < 1.29 is 14.7 Å². The number of carboxylic acids is 1.